The first kappa shape index (κ1) is 26.1. The van der Waals surface area contributed by atoms with E-state index in [-0.39, 0.29) is 18.8 Å². The molecule has 0 spiro atoms. The van der Waals surface area contributed by atoms with Crippen LogP contribution in [-0.2, 0) is 11.2 Å². The number of hydrogen-bond donors (Lipinski definition) is 2. The van der Waals surface area contributed by atoms with E-state index < -0.39 is 11.9 Å². The number of nitrogens with zero attached hydrogens (tertiary/aromatic N) is 3. The molecule has 0 saturated heterocycles. The molecule has 1 aromatic carbocycles. The van der Waals surface area contributed by atoms with Gasteiger partial charge in [-0.15, -0.1) is 0 Å². The number of carbonyl (C=O) groups is 1. The molecule has 194 valence electrons. The lowest BCUT2D eigenvalue weighted by atomic mass is 9.86. The second kappa shape index (κ2) is 11.4. The van der Waals surface area contributed by atoms with E-state index in [2.05, 4.69) is 40.0 Å². The highest BCUT2D eigenvalue weighted by Gasteiger charge is 2.38. The maximum Gasteiger partial charge on any atom is 0.307 e. The van der Waals surface area contributed by atoms with E-state index in [4.69, 9.17) is 4.74 Å². The Hall–Kier alpha value is -2.97. The molecule has 3 atom stereocenters. The van der Waals surface area contributed by atoms with Crippen LogP contribution in [0.3, 0.4) is 0 Å². The van der Waals surface area contributed by atoms with Crippen molar-refractivity contribution in [3.05, 3.63) is 58.9 Å². The van der Waals surface area contributed by atoms with Crippen molar-refractivity contribution in [2.75, 3.05) is 40.0 Å². The number of halogens is 1. The molecule has 0 radical (unpaired) electrons. The van der Waals surface area contributed by atoms with Crippen molar-refractivity contribution in [2.24, 2.45) is 5.92 Å². The molecule has 1 aliphatic heterocycles. The lowest BCUT2D eigenvalue weighted by Crippen LogP contribution is -2.46. The first-order valence-corrected chi connectivity index (χ1v) is 12.7. The van der Waals surface area contributed by atoms with Gasteiger partial charge in [-0.3, -0.25) is 14.1 Å². The summed E-state index contributed by atoms with van der Waals surface area (Å²) >= 11 is 0. The Morgan fingerprint density at radius 1 is 1.33 bits per heavy atom. The van der Waals surface area contributed by atoms with Crippen LogP contribution in [-0.4, -0.2) is 76.8 Å². The standard InChI is InChI=1S/C28H37FN4O3/c1-18(28(34)35)17-33-19(2)16-23-22-8-5-6-9-24(22)31-25(23)26(33)21-10-12-30-27(20(21)3)36-15-14-32(4)13-7-11-29/h5-6,8-10,12,18-19,26,31H,7,11,13-17H2,1-4H3,(H,34,35)/t18-,19-,26-/m1/s1. The fourth-order valence-electron chi connectivity index (χ4n) is 5.23. The second-order valence-electron chi connectivity index (χ2n) is 9.98. The van der Waals surface area contributed by atoms with Crippen LogP contribution in [0.5, 0.6) is 5.88 Å². The van der Waals surface area contributed by atoms with Gasteiger partial charge in [0.15, 0.2) is 0 Å². The number of nitrogens with one attached hydrogen (secondary N) is 1. The van der Waals surface area contributed by atoms with Crippen LogP contribution in [0, 0.1) is 12.8 Å². The number of pyridine rings is 1. The number of aromatic nitrogens is 2. The van der Waals surface area contributed by atoms with Gasteiger partial charge in [0.05, 0.1) is 18.6 Å². The molecule has 0 bridgehead atoms. The summed E-state index contributed by atoms with van der Waals surface area (Å²) in [6.45, 7) is 7.90. The van der Waals surface area contributed by atoms with E-state index in [1.54, 1.807) is 13.1 Å². The average molecular weight is 497 g/mol. The van der Waals surface area contributed by atoms with Gasteiger partial charge < -0.3 is 19.7 Å². The van der Waals surface area contributed by atoms with Crippen molar-refractivity contribution >= 4 is 16.9 Å². The summed E-state index contributed by atoms with van der Waals surface area (Å²) in [4.78, 5) is 24.3. The van der Waals surface area contributed by atoms with Gasteiger partial charge in [-0.2, -0.15) is 0 Å². The zero-order valence-electron chi connectivity index (χ0n) is 21.6. The number of rotatable bonds is 11. The summed E-state index contributed by atoms with van der Waals surface area (Å²) in [5.74, 6) is -0.720. The highest BCUT2D eigenvalue weighted by atomic mass is 19.1. The number of hydrogen-bond acceptors (Lipinski definition) is 5. The summed E-state index contributed by atoms with van der Waals surface area (Å²) in [6, 6.07) is 10.4. The Labute approximate surface area is 212 Å². The lowest BCUT2D eigenvalue weighted by molar-refractivity contribution is -0.142. The molecule has 4 rings (SSSR count). The molecule has 2 aromatic heterocycles. The third-order valence-electron chi connectivity index (χ3n) is 7.30. The van der Waals surface area contributed by atoms with Gasteiger partial charge in [-0.1, -0.05) is 25.1 Å². The summed E-state index contributed by atoms with van der Waals surface area (Å²) in [5, 5.41) is 10.9. The summed E-state index contributed by atoms with van der Waals surface area (Å²) < 4.78 is 18.5. The zero-order chi connectivity index (χ0) is 25.8. The van der Waals surface area contributed by atoms with Gasteiger partial charge in [0.1, 0.15) is 6.61 Å². The van der Waals surface area contributed by atoms with Gasteiger partial charge in [-0.25, -0.2) is 4.98 Å². The number of carboxylic acid groups (broad SMARTS) is 1. The monoisotopic (exact) mass is 496 g/mol. The van der Waals surface area contributed by atoms with E-state index in [1.165, 1.54) is 10.9 Å². The quantitative estimate of drug-likeness (QED) is 0.404. The maximum absolute atomic E-state index is 12.5. The Bertz CT molecular complexity index is 1200. The van der Waals surface area contributed by atoms with Crippen LogP contribution < -0.4 is 4.74 Å². The van der Waals surface area contributed by atoms with Crippen LogP contribution in [0.4, 0.5) is 4.39 Å². The fraction of sp³-hybridized carbons (Fsp3) is 0.500. The molecule has 1 aliphatic rings. The van der Waals surface area contributed by atoms with Crippen LogP contribution in [0.25, 0.3) is 10.9 Å². The first-order valence-electron chi connectivity index (χ1n) is 12.7. The van der Waals surface area contributed by atoms with Crippen molar-refractivity contribution in [1.82, 2.24) is 19.8 Å². The summed E-state index contributed by atoms with van der Waals surface area (Å²) in [7, 11) is 1.96. The predicted octanol–water partition coefficient (Wildman–Crippen LogP) is 4.60. The minimum atomic E-state index is -0.796. The summed E-state index contributed by atoms with van der Waals surface area (Å²) in [6.07, 6.45) is 3.13. The lowest BCUT2D eigenvalue weighted by Gasteiger charge is -2.42. The number of alkyl halides is 1. The van der Waals surface area contributed by atoms with Crippen LogP contribution in [0.15, 0.2) is 36.5 Å². The fourth-order valence-corrected chi connectivity index (χ4v) is 5.23. The van der Waals surface area contributed by atoms with E-state index in [0.29, 0.717) is 38.5 Å². The number of benzene rings is 1. The minimum Gasteiger partial charge on any atom is -0.481 e. The predicted molar refractivity (Wildman–Crippen MR) is 139 cm³/mol. The van der Waals surface area contributed by atoms with Crippen LogP contribution >= 0.6 is 0 Å². The van der Waals surface area contributed by atoms with Gasteiger partial charge in [0.2, 0.25) is 5.88 Å². The van der Waals surface area contributed by atoms with Crippen LogP contribution in [0.2, 0.25) is 0 Å². The molecule has 0 fully saturated rings. The van der Waals surface area contributed by atoms with Crippen molar-refractivity contribution in [3.63, 3.8) is 0 Å². The van der Waals surface area contributed by atoms with Gasteiger partial charge in [0.25, 0.3) is 0 Å². The van der Waals surface area contributed by atoms with E-state index in [9.17, 15) is 14.3 Å². The molecule has 0 aliphatic carbocycles. The third-order valence-corrected chi connectivity index (χ3v) is 7.30. The smallest absolute Gasteiger partial charge is 0.307 e. The first-order chi connectivity index (χ1) is 17.3. The molecular weight excluding hydrogens is 459 g/mol. The number of likely N-dealkylation sites (N-methyl/N-ethyl adjacent to an activating group) is 1. The molecule has 36 heavy (non-hydrogen) atoms. The maximum atomic E-state index is 12.5. The molecule has 0 unspecified atom stereocenters. The third kappa shape index (κ3) is 5.39. The minimum absolute atomic E-state index is 0.143. The van der Waals surface area contributed by atoms with Gasteiger partial charge in [0, 0.05) is 54.0 Å². The topological polar surface area (TPSA) is 81.7 Å². The van der Waals surface area contributed by atoms with Crippen molar-refractivity contribution in [2.45, 2.75) is 45.7 Å². The zero-order valence-corrected chi connectivity index (χ0v) is 21.6. The average Bonchev–Trinajstić information content (AvgIpc) is 3.22. The van der Waals surface area contributed by atoms with Crippen LogP contribution in [0.1, 0.15) is 48.7 Å². The number of H-pyrrole nitrogens is 1. The van der Waals surface area contributed by atoms with Gasteiger partial charge >= 0.3 is 5.97 Å². The molecule has 7 nitrogen and oxygen atoms in total. The molecule has 0 amide bonds. The number of aliphatic carboxylic acids is 1. The largest absolute Gasteiger partial charge is 0.481 e. The molecule has 3 heterocycles. The van der Waals surface area contributed by atoms with Crippen molar-refractivity contribution < 1.29 is 19.0 Å². The SMILES string of the molecule is Cc1c([C@@H]2c3[nH]c4ccccc4c3C[C@@H](C)N2C[C@@H](C)C(=O)O)ccnc1OCCN(C)CCCF. The number of ether oxygens (including phenoxy) is 1. The number of aromatic amines is 1. The van der Waals surface area contributed by atoms with Crippen molar-refractivity contribution in [3.8, 4) is 5.88 Å². The van der Waals surface area contributed by atoms with Gasteiger partial charge in [-0.05, 0) is 57.0 Å². The molecule has 2 N–H and O–H groups in total. The molecule has 3 aromatic rings. The molecule has 8 heteroatoms. The number of fused-ring (bicyclic) bond motifs is 3. The highest BCUT2D eigenvalue weighted by molar-refractivity contribution is 5.85. The van der Waals surface area contributed by atoms with E-state index in [1.807, 2.05) is 31.0 Å². The summed E-state index contributed by atoms with van der Waals surface area (Å²) in [5.41, 5.74) is 5.49. The number of para-hydroxylation sites is 1. The highest BCUT2D eigenvalue weighted by Crippen LogP contribution is 2.42. The number of carboxylic acids is 1. The Morgan fingerprint density at radius 2 is 2.11 bits per heavy atom. The van der Waals surface area contributed by atoms with Crippen molar-refractivity contribution in [1.29, 1.82) is 0 Å². The van der Waals surface area contributed by atoms with E-state index >= 15 is 0 Å². The molecular formula is C28H37FN4O3. The van der Waals surface area contributed by atoms with E-state index in [0.717, 1.165) is 28.8 Å². The second-order valence-corrected chi connectivity index (χ2v) is 9.98. The normalized spacial score (nSPS) is 18.9. The Balaban J connectivity index is 1.69. The Kier molecular flexibility index (Phi) is 8.26. The Morgan fingerprint density at radius 3 is 2.86 bits per heavy atom. The molecule has 0 saturated carbocycles.